The van der Waals surface area contributed by atoms with Gasteiger partial charge in [0.1, 0.15) is 10.8 Å². The van der Waals surface area contributed by atoms with Crippen molar-refractivity contribution in [3.05, 3.63) is 76.7 Å². The molecule has 0 radical (unpaired) electrons. The number of rotatable bonds is 6. The van der Waals surface area contributed by atoms with E-state index in [0.29, 0.717) is 41.7 Å². The zero-order chi connectivity index (χ0) is 22.5. The fourth-order valence-corrected chi connectivity index (χ4v) is 3.40. The maximum absolute atomic E-state index is 13.4. The molecule has 4 rings (SSSR count). The SMILES string of the molecule is O=C1CN(C(=O)c2cccc(Nc3ncc(Cl)c(NCc4cccc(F)c4)n3)c2)CCN1. The number of nitrogens with zero attached hydrogens (tertiary/aromatic N) is 3. The molecular formula is C22H20ClFN6O2. The van der Waals surface area contributed by atoms with Crippen molar-refractivity contribution in [2.45, 2.75) is 6.54 Å². The Bertz CT molecular complexity index is 1160. The van der Waals surface area contributed by atoms with E-state index < -0.39 is 0 Å². The molecule has 0 saturated carbocycles. The van der Waals surface area contributed by atoms with E-state index in [1.807, 2.05) is 0 Å². The molecule has 2 amide bonds. The maximum atomic E-state index is 13.4. The Balaban J connectivity index is 1.46. The first-order valence-electron chi connectivity index (χ1n) is 9.92. The summed E-state index contributed by atoms with van der Waals surface area (Å²) < 4.78 is 13.4. The zero-order valence-corrected chi connectivity index (χ0v) is 17.7. The number of carbonyl (C=O) groups excluding carboxylic acids is 2. The van der Waals surface area contributed by atoms with Gasteiger partial charge in [0.25, 0.3) is 5.91 Å². The summed E-state index contributed by atoms with van der Waals surface area (Å²) in [5.74, 6) is -0.0529. The van der Waals surface area contributed by atoms with E-state index in [4.69, 9.17) is 11.6 Å². The van der Waals surface area contributed by atoms with Crippen molar-refractivity contribution in [1.29, 1.82) is 0 Å². The number of benzene rings is 2. The molecular weight excluding hydrogens is 435 g/mol. The van der Waals surface area contributed by atoms with Crippen LogP contribution < -0.4 is 16.0 Å². The van der Waals surface area contributed by atoms with Gasteiger partial charge in [-0.25, -0.2) is 9.37 Å². The quantitative estimate of drug-likeness (QED) is 0.529. The molecule has 2 aromatic carbocycles. The molecule has 1 aromatic heterocycles. The monoisotopic (exact) mass is 454 g/mol. The van der Waals surface area contributed by atoms with Crippen LogP contribution in [0.1, 0.15) is 15.9 Å². The molecule has 0 unspecified atom stereocenters. The van der Waals surface area contributed by atoms with Crippen LogP contribution in [0.4, 0.5) is 21.8 Å². The predicted molar refractivity (Wildman–Crippen MR) is 119 cm³/mol. The molecule has 164 valence electrons. The molecule has 0 atom stereocenters. The summed E-state index contributed by atoms with van der Waals surface area (Å²) in [6.07, 6.45) is 1.45. The average molecular weight is 455 g/mol. The standard InChI is InChI=1S/C22H20ClFN6O2/c23-18-12-27-22(29-20(18)26-11-14-3-1-5-16(24)9-14)28-17-6-2-4-15(10-17)21(32)30-8-7-25-19(31)13-30/h1-6,9-10,12H,7-8,11,13H2,(H,25,31)(H2,26,27,28,29). The summed E-state index contributed by atoms with van der Waals surface area (Å²) in [5.41, 5.74) is 1.80. The lowest BCUT2D eigenvalue weighted by molar-refractivity contribution is -0.123. The van der Waals surface area contributed by atoms with Crippen LogP contribution in [0.3, 0.4) is 0 Å². The van der Waals surface area contributed by atoms with Crippen molar-refractivity contribution < 1.29 is 14.0 Å². The Kier molecular flexibility index (Phi) is 6.46. The van der Waals surface area contributed by atoms with Gasteiger partial charge in [-0.15, -0.1) is 0 Å². The molecule has 1 aliphatic rings. The first-order valence-corrected chi connectivity index (χ1v) is 10.3. The number of carbonyl (C=O) groups is 2. The highest BCUT2D eigenvalue weighted by Gasteiger charge is 2.22. The Morgan fingerprint density at radius 2 is 2.06 bits per heavy atom. The summed E-state index contributed by atoms with van der Waals surface area (Å²) >= 11 is 6.19. The summed E-state index contributed by atoms with van der Waals surface area (Å²) in [4.78, 5) is 34.3. The molecule has 1 fully saturated rings. The number of halogens is 2. The fourth-order valence-electron chi connectivity index (χ4n) is 3.24. The first-order chi connectivity index (χ1) is 15.5. The average Bonchev–Trinajstić information content (AvgIpc) is 2.79. The lowest BCUT2D eigenvalue weighted by atomic mass is 10.1. The van der Waals surface area contributed by atoms with Crippen molar-refractivity contribution in [2.24, 2.45) is 0 Å². The van der Waals surface area contributed by atoms with Crippen LogP contribution in [-0.4, -0.2) is 46.3 Å². The molecule has 0 spiro atoms. The van der Waals surface area contributed by atoms with Gasteiger partial charge in [0.2, 0.25) is 11.9 Å². The number of hydrogen-bond donors (Lipinski definition) is 3. The highest BCUT2D eigenvalue weighted by atomic mass is 35.5. The molecule has 1 aliphatic heterocycles. The van der Waals surface area contributed by atoms with Gasteiger partial charge in [0.05, 0.1) is 12.7 Å². The molecule has 1 saturated heterocycles. The third-order valence-corrected chi connectivity index (χ3v) is 5.06. The topological polar surface area (TPSA) is 99.2 Å². The Morgan fingerprint density at radius 3 is 2.88 bits per heavy atom. The fraction of sp³-hybridized carbons (Fsp3) is 0.182. The minimum Gasteiger partial charge on any atom is -0.365 e. The lowest BCUT2D eigenvalue weighted by Crippen LogP contribution is -2.49. The smallest absolute Gasteiger partial charge is 0.254 e. The molecule has 3 aromatic rings. The third-order valence-electron chi connectivity index (χ3n) is 4.78. The van der Waals surface area contributed by atoms with Crippen molar-refractivity contribution >= 4 is 40.9 Å². The Morgan fingerprint density at radius 1 is 1.22 bits per heavy atom. The number of amides is 2. The van der Waals surface area contributed by atoms with Crippen LogP contribution in [0.15, 0.2) is 54.7 Å². The van der Waals surface area contributed by atoms with Crippen LogP contribution in [0.5, 0.6) is 0 Å². The van der Waals surface area contributed by atoms with E-state index in [1.54, 1.807) is 36.4 Å². The largest absolute Gasteiger partial charge is 0.365 e. The van der Waals surface area contributed by atoms with Gasteiger partial charge in [0.15, 0.2) is 5.82 Å². The normalized spacial score (nSPS) is 13.4. The van der Waals surface area contributed by atoms with Crippen LogP contribution in [0.2, 0.25) is 5.02 Å². The number of nitrogens with one attached hydrogen (secondary N) is 3. The second-order valence-corrected chi connectivity index (χ2v) is 7.56. The number of piperazine rings is 1. The van der Waals surface area contributed by atoms with Crippen LogP contribution in [0.25, 0.3) is 0 Å². The Hall–Kier alpha value is -3.72. The second-order valence-electron chi connectivity index (χ2n) is 7.16. The number of anilines is 3. The molecule has 0 bridgehead atoms. The van der Waals surface area contributed by atoms with Gasteiger partial charge >= 0.3 is 0 Å². The van der Waals surface area contributed by atoms with Crippen LogP contribution in [0, 0.1) is 5.82 Å². The summed E-state index contributed by atoms with van der Waals surface area (Å²) in [6.45, 7) is 1.27. The maximum Gasteiger partial charge on any atom is 0.254 e. The predicted octanol–water partition coefficient (Wildman–Crippen LogP) is 3.20. The minimum atomic E-state index is -0.319. The van der Waals surface area contributed by atoms with Crippen LogP contribution >= 0.6 is 11.6 Å². The van der Waals surface area contributed by atoms with Gasteiger partial charge in [0, 0.05) is 30.9 Å². The molecule has 0 aliphatic carbocycles. The molecule has 3 N–H and O–H groups in total. The summed E-state index contributed by atoms with van der Waals surface area (Å²) in [5, 5.41) is 9.14. The van der Waals surface area contributed by atoms with Crippen molar-refractivity contribution in [3.63, 3.8) is 0 Å². The van der Waals surface area contributed by atoms with Gasteiger partial charge in [-0.05, 0) is 35.9 Å². The number of hydrogen-bond acceptors (Lipinski definition) is 6. The van der Waals surface area contributed by atoms with Crippen molar-refractivity contribution in [2.75, 3.05) is 30.3 Å². The van der Waals surface area contributed by atoms with E-state index in [0.717, 1.165) is 5.56 Å². The van der Waals surface area contributed by atoms with Crippen molar-refractivity contribution in [3.8, 4) is 0 Å². The van der Waals surface area contributed by atoms with E-state index in [1.165, 1.54) is 23.2 Å². The first kappa shape index (κ1) is 21.5. The van der Waals surface area contributed by atoms with E-state index in [2.05, 4.69) is 25.9 Å². The number of aromatic nitrogens is 2. The van der Waals surface area contributed by atoms with E-state index >= 15 is 0 Å². The molecule has 8 nitrogen and oxygen atoms in total. The summed E-state index contributed by atoms with van der Waals surface area (Å²) in [6, 6.07) is 13.1. The third kappa shape index (κ3) is 5.30. The highest BCUT2D eigenvalue weighted by molar-refractivity contribution is 6.32. The molecule has 10 heteroatoms. The molecule has 32 heavy (non-hydrogen) atoms. The van der Waals surface area contributed by atoms with E-state index in [-0.39, 0.29) is 30.1 Å². The Labute approximate surface area is 188 Å². The van der Waals surface area contributed by atoms with E-state index in [9.17, 15) is 14.0 Å². The van der Waals surface area contributed by atoms with Crippen LogP contribution in [-0.2, 0) is 11.3 Å². The summed E-state index contributed by atoms with van der Waals surface area (Å²) in [7, 11) is 0. The van der Waals surface area contributed by atoms with Gasteiger partial charge < -0.3 is 20.9 Å². The molecule has 2 heterocycles. The zero-order valence-electron chi connectivity index (χ0n) is 16.9. The second kappa shape index (κ2) is 9.61. The minimum absolute atomic E-state index is 0.0388. The van der Waals surface area contributed by atoms with Gasteiger partial charge in [-0.3, -0.25) is 9.59 Å². The van der Waals surface area contributed by atoms with Gasteiger partial charge in [-0.2, -0.15) is 4.98 Å². The lowest BCUT2D eigenvalue weighted by Gasteiger charge is -2.26. The van der Waals surface area contributed by atoms with Crippen molar-refractivity contribution in [1.82, 2.24) is 20.2 Å². The van der Waals surface area contributed by atoms with Gasteiger partial charge in [-0.1, -0.05) is 29.8 Å². The highest BCUT2D eigenvalue weighted by Crippen LogP contribution is 2.23.